The number of carbonyl (C=O) groups is 1. The van der Waals surface area contributed by atoms with E-state index in [0.717, 1.165) is 29.4 Å². The second kappa shape index (κ2) is 10.3. The molecule has 0 aliphatic heterocycles. The summed E-state index contributed by atoms with van der Waals surface area (Å²) < 4.78 is 5.73. The first-order valence-electron chi connectivity index (χ1n) is 10.0. The number of rotatable bonds is 7. The molecule has 0 bridgehead atoms. The van der Waals surface area contributed by atoms with Crippen molar-refractivity contribution in [3.63, 3.8) is 0 Å². The quantitative estimate of drug-likeness (QED) is 0.399. The average Bonchev–Trinajstić information content (AvgIpc) is 2.77. The van der Waals surface area contributed by atoms with Crippen LogP contribution in [0.15, 0.2) is 60.8 Å². The van der Waals surface area contributed by atoms with Gasteiger partial charge in [-0.25, -0.2) is 0 Å². The lowest BCUT2D eigenvalue weighted by Crippen LogP contribution is -2.26. The van der Waals surface area contributed by atoms with Gasteiger partial charge >= 0.3 is 0 Å². The maximum atomic E-state index is 12.9. The van der Waals surface area contributed by atoms with E-state index in [1.54, 1.807) is 18.1 Å². The van der Waals surface area contributed by atoms with Crippen molar-refractivity contribution in [3.05, 3.63) is 66.4 Å². The molecule has 1 aromatic heterocycles. The van der Waals surface area contributed by atoms with Gasteiger partial charge in [0, 0.05) is 42.4 Å². The summed E-state index contributed by atoms with van der Waals surface area (Å²) in [5.74, 6) is 6.81. The van der Waals surface area contributed by atoms with Crippen LogP contribution in [0.2, 0.25) is 0 Å². The van der Waals surface area contributed by atoms with E-state index in [1.807, 2.05) is 54.6 Å². The normalized spacial score (nSPS) is 10.3. The molecule has 29 heavy (non-hydrogen) atoms. The van der Waals surface area contributed by atoms with Crippen LogP contribution in [-0.2, 0) is 0 Å². The van der Waals surface area contributed by atoms with Crippen molar-refractivity contribution in [1.82, 2.24) is 4.98 Å². The van der Waals surface area contributed by atoms with Crippen molar-refractivity contribution in [2.24, 2.45) is 0 Å². The average molecular weight is 386 g/mol. The van der Waals surface area contributed by atoms with Crippen molar-refractivity contribution in [3.8, 4) is 17.6 Å². The Labute approximate surface area is 172 Å². The van der Waals surface area contributed by atoms with E-state index in [0.29, 0.717) is 17.9 Å². The number of anilines is 1. The molecule has 0 radical (unpaired) electrons. The van der Waals surface area contributed by atoms with E-state index >= 15 is 0 Å². The second-order valence-electron chi connectivity index (χ2n) is 6.87. The van der Waals surface area contributed by atoms with Crippen LogP contribution < -0.4 is 9.64 Å². The van der Waals surface area contributed by atoms with Gasteiger partial charge in [0.2, 0.25) is 0 Å². The highest BCUT2D eigenvalue weighted by atomic mass is 16.5. The predicted molar refractivity (Wildman–Crippen MR) is 118 cm³/mol. The van der Waals surface area contributed by atoms with E-state index in [9.17, 15) is 4.79 Å². The Morgan fingerprint density at radius 2 is 1.97 bits per heavy atom. The number of pyridine rings is 1. The van der Waals surface area contributed by atoms with Gasteiger partial charge in [0.15, 0.2) is 0 Å². The van der Waals surface area contributed by atoms with Crippen molar-refractivity contribution < 1.29 is 9.53 Å². The van der Waals surface area contributed by atoms with Crippen LogP contribution in [0.1, 0.15) is 43.0 Å². The van der Waals surface area contributed by atoms with Gasteiger partial charge in [0.1, 0.15) is 12.4 Å². The molecular formula is C25H26N2O2. The number of fused-ring (bicyclic) bond motifs is 1. The molecule has 148 valence electrons. The molecule has 0 aliphatic carbocycles. The van der Waals surface area contributed by atoms with Gasteiger partial charge in [-0.3, -0.25) is 9.78 Å². The molecule has 3 aromatic rings. The Morgan fingerprint density at radius 3 is 2.83 bits per heavy atom. The maximum absolute atomic E-state index is 12.9. The highest BCUT2D eigenvalue weighted by Gasteiger charge is 2.14. The molecule has 1 heterocycles. The fourth-order valence-electron chi connectivity index (χ4n) is 3.02. The number of hydrogen-bond donors (Lipinski definition) is 0. The Bertz CT molecular complexity index is 1030. The van der Waals surface area contributed by atoms with Crippen LogP contribution in [0.5, 0.6) is 5.75 Å². The lowest BCUT2D eigenvalue weighted by Gasteiger charge is -2.18. The summed E-state index contributed by atoms with van der Waals surface area (Å²) in [5, 5.41) is 0.946. The number of nitrogens with zero attached hydrogens (tertiary/aromatic N) is 2. The van der Waals surface area contributed by atoms with Crippen molar-refractivity contribution in [1.29, 1.82) is 0 Å². The monoisotopic (exact) mass is 386 g/mol. The summed E-state index contributed by atoms with van der Waals surface area (Å²) in [6.45, 7) is 2.54. The van der Waals surface area contributed by atoms with Crippen molar-refractivity contribution >= 4 is 22.5 Å². The lowest BCUT2D eigenvalue weighted by molar-refractivity contribution is 0.0993. The van der Waals surface area contributed by atoms with E-state index < -0.39 is 0 Å². The Kier molecular flexibility index (Phi) is 7.24. The summed E-state index contributed by atoms with van der Waals surface area (Å²) in [7, 11) is 1.77. The van der Waals surface area contributed by atoms with Gasteiger partial charge < -0.3 is 9.64 Å². The molecule has 0 unspecified atom stereocenters. The van der Waals surface area contributed by atoms with E-state index in [-0.39, 0.29) is 5.91 Å². The van der Waals surface area contributed by atoms with Gasteiger partial charge in [0.05, 0.1) is 5.52 Å². The first-order chi connectivity index (χ1) is 14.2. The van der Waals surface area contributed by atoms with E-state index in [1.165, 1.54) is 12.8 Å². The molecule has 2 aromatic carbocycles. The molecule has 0 saturated heterocycles. The largest absolute Gasteiger partial charge is 0.481 e. The van der Waals surface area contributed by atoms with Crippen LogP contribution in [0.4, 0.5) is 5.69 Å². The highest BCUT2D eigenvalue weighted by Crippen LogP contribution is 2.23. The van der Waals surface area contributed by atoms with Crippen molar-refractivity contribution in [2.75, 3.05) is 18.6 Å². The van der Waals surface area contributed by atoms with Crippen LogP contribution in [0, 0.1) is 11.8 Å². The van der Waals surface area contributed by atoms with Gasteiger partial charge in [-0.2, -0.15) is 0 Å². The molecule has 4 heteroatoms. The standard InChI is InChI=1S/C25H26N2O2/c1-3-4-5-6-7-8-17-29-23-13-9-12-22(19-23)27(2)25(28)21-14-15-24-20(18-21)11-10-16-26-24/h9-16,18-19H,3-6,17H2,1-2H3. The Morgan fingerprint density at radius 1 is 1.07 bits per heavy atom. The summed E-state index contributed by atoms with van der Waals surface area (Å²) in [6, 6.07) is 16.9. The lowest BCUT2D eigenvalue weighted by atomic mass is 10.1. The zero-order chi connectivity index (χ0) is 20.5. The second-order valence-corrected chi connectivity index (χ2v) is 6.87. The third kappa shape index (κ3) is 5.58. The fraction of sp³-hybridized carbons (Fsp3) is 0.280. The van der Waals surface area contributed by atoms with Gasteiger partial charge in [-0.1, -0.05) is 43.7 Å². The maximum Gasteiger partial charge on any atom is 0.258 e. The summed E-state index contributed by atoms with van der Waals surface area (Å²) in [6.07, 6.45) is 6.21. The molecule has 0 fully saturated rings. The van der Waals surface area contributed by atoms with Gasteiger partial charge in [0.25, 0.3) is 5.91 Å². The Balaban J connectivity index is 1.64. The van der Waals surface area contributed by atoms with Crippen LogP contribution >= 0.6 is 0 Å². The number of aromatic nitrogens is 1. The van der Waals surface area contributed by atoms with Crippen molar-refractivity contribution in [2.45, 2.75) is 32.6 Å². The molecule has 3 rings (SSSR count). The van der Waals surface area contributed by atoms with Crippen LogP contribution in [0.25, 0.3) is 10.9 Å². The molecule has 0 atom stereocenters. The highest BCUT2D eigenvalue weighted by molar-refractivity contribution is 6.07. The number of unbranched alkanes of at least 4 members (excludes halogenated alkanes) is 3. The predicted octanol–water partition coefficient (Wildman–Crippen LogP) is 5.47. The zero-order valence-corrected chi connectivity index (χ0v) is 17.0. The minimum absolute atomic E-state index is 0.0800. The Hall–Kier alpha value is -3.32. The molecule has 4 nitrogen and oxygen atoms in total. The van der Waals surface area contributed by atoms with Crippen LogP contribution in [0.3, 0.4) is 0 Å². The van der Waals surface area contributed by atoms with E-state index in [2.05, 4.69) is 23.7 Å². The first-order valence-corrected chi connectivity index (χ1v) is 10.0. The summed E-state index contributed by atoms with van der Waals surface area (Å²) >= 11 is 0. The topological polar surface area (TPSA) is 42.4 Å². The molecule has 1 amide bonds. The smallest absolute Gasteiger partial charge is 0.258 e. The summed E-state index contributed by atoms with van der Waals surface area (Å²) in [4.78, 5) is 18.9. The molecule has 0 aliphatic rings. The number of ether oxygens (including phenoxy) is 1. The first kappa shape index (κ1) is 20.4. The van der Waals surface area contributed by atoms with Gasteiger partial charge in [-0.05, 0) is 42.8 Å². The minimum atomic E-state index is -0.0800. The molecule has 0 spiro atoms. The zero-order valence-electron chi connectivity index (χ0n) is 17.0. The number of hydrogen-bond acceptors (Lipinski definition) is 3. The van der Waals surface area contributed by atoms with Crippen LogP contribution in [-0.4, -0.2) is 24.5 Å². The number of amides is 1. The molecular weight excluding hydrogens is 360 g/mol. The third-order valence-electron chi connectivity index (χ3n) is 4.70. The molecule has 0 N–H and O–H groups in total. The number of carbonyl (C=O) groups excluding carboxylic acids is 1. The van der Waals surface area contributed by atoms with Gasteiger partial charge in [-0.15, -0.1) is 0 Å². The number of benzene rings is 2. The summed E-state index contributed by atoms with van der Waals surface area (Å²) in [5.41, 5.74) is 2.27. The third-order valence-corrected chi connectivity index (χ3v) is 4.70. The fourth-order valence-corrected chi connectivity index (χ4v) is 3.02. The molecule has 0 saturated carbocycles. The minimum Gasteiger partial charge on any atom is -0.481 e. The van der Waals surface area contributed by atoms with E-state index in [4.69, 9.17) is 4.74 Å². The SMILES string of the molecule is CCCCCC#CCOc1cccc(N(C)C(=O)c2ccc3ncccc3c2)c1.